The minimum absolute atomic E-state index is 0.202. The van der Waals surface area contributed by atoms with E-state index in [9.17, 15) is 9.59 Å². The van der Waals surface area contributed by atoms with E-state index in [1.54, 1.807) is 24.3 Å². The van der Waals surface area contributed by atoms with Crippen LogP contribution in [0.5, 0.6) is 0 Å². The molecule has 0 unspecified atom stereocenters. The molecule has 0 saturated carbocycles. The quantitative estimate of drug-likeness (QED) is 0.176. The van der Waals surface area contributed by atoms with Crippen LogP contribution in [0.4, 0.5) is 0 Å². The normalized spacial score (nSPS) is 10.8. The summed E-state index contributed by atoms with van der Waals surface area (Å²) >= 11 is 3.55. The van der Waals surface area contributed by atoms with Gasteiger partial charge in [0.05, 0.1) is 22.5 Å². The lowest BCUT2D eigenvalue weighted by atomic mass is 9.90. The van der Waals surface area contributed by atoms with Crippen molar-refractivity contribution in [2.75, 3.05) is 0 Å². The first-order valence-electron chi connectivity index (χ1n) is 13.0. The Morgan fingerprint density at radius 3 is 1.18 bits per heavy atom. The van der Waals surface area contributed by atoms with Gasteiger partial charge < -0.3 is 4.57 Å². The minimum Gasteiger partial charge on any atom is -0.308 e. The number of aromatic nitrogens is 1. The first-order valence-corrected chi connectivity index (χ1v) is 13.8. The first-order chi connectivity index (χ1) is 19.6. The third-order valence-corrected chi connectivity index (χ3v) is 7.40. The molecule has 6 rings (SSSR count). The Balaban J connectivity index is 1.81. The Bertz CT molecular complexity index is 1680. The lowest BCUT2D eigenvalue weighted by Gasteiger charge is -2.15. The fourth-order valence-corrected chi connectivity index (χ4v) is 5.33. The van der Waals surface area contributed by atoms with E-state index >= 15 is 0 Å². The van der Waals surface area contributed by atoms with Crippen molar-refractivity contribution in [3.05, 3.63) is 172 Å². The molecule has 3 nitrogen and oxygen atoms in total. The highest BCUT2D eigenvalue weighted by atomic mass is 79.9. The molecule has 192 valence electrons. The van der Waals surface area contributed by atoms with Crippen molar-refractivity contribution in [3.8, 4) is 28.2 Å². The van der Waals surface area contributed by atoms with E-state index in [4.69, 9.17) is 0 Å². The Morgan fingerprint density at radius 1 is 0.450 bits per heavy atom. The summed E-state index contributed by atoms with van der Waals surface area (Å²) < 4.78 is 3.00. The predicted molar refractivity (Wildman–Crippen MR) is 164 cm³/mol. The number of halogens is 1. The molecule has 0 N–H and O–H groups in total. The van der Waals surface area contributed by atoms with Gasteiger partial charge in [0, 0.05) is 21.3 Å². The van der Waals surface area contributed by atoms with Gasteiger partial charge in [-0.05, 0) is 35.4 Å². The van der Waals surface area contributed by atoms with Gasteiger partial charge in [0.15, 0.2) is 11.6 Å². The van der Waals surface area contributed by atoms with Crippen LogP contribution >= 0.6 is 15.9 Å². The standard InChI is InChI=1S/C36H24BrNO2/c37-29-21-23-30(24-22-29)38-33(25-13-5-1-6-14-25)31(35(39)27-17-9-3-10-18-27)32(34(38)26-15-7-2-8-16-26)36(40)28-19-11-4-12-20-28/h1-24H. The third-order valence-electron chi connectivity index (χ3n) is 6.88. The number of hydrogen-bond acceptors (Lipinski definition) is 2. The Kier molecular flexibility index (Phi) is 7.09. The summed E-state index contributed by atoms with van der Waals surface area (Å²) in [4.78, 5) is 29.0. The number of benzene rings is 5. The number of carbonyl (C=O) groups excluding carboxylic acids is 2. The summed E-state index contributed by atoms with van der Waals surface area (Å²) in [7, 11) is 0. The van der Waals surface area contributed by atoms with Crippen molar-refractivity contribution >= 4 is 27.5 Å². The molecule has 4 heteroatoms. The lowest BCUT2D eigenvalue weighted by molar-refractivity contribution is 0.100. The molecule has 0 atom stereocenters. The molecule has 40 heavy (non-hydrogen) atoms. The van der Waals surface area contributed by atoms with Crippen LogP contribution in [0.3, 0.4) is 0 Å². The highest BCUT2D eigenvalue weighted by Gasteiger charge is 2.34. The van der Waals surface area contributed by atoms with E-state index in [1.165, 1.54) is 0 Å². The van der Waals surface area contributed by atoms with Crippen molar-refractivity contribution in [1.29, 1.82) is 0 Å². The van der Waals surface area contributed by atoms with Gasteiger partial charge in [0.1, 0.15) is 0 Å². The second-order valence-electron chi connectivity index (χ2n) is 9.38. The molecule has 0 bridgehead atoms. The topological polar surface area (TPSA) is 39.1 Å². The van der Waals surface area contributed by atoms with Crippen molar-refractivity contribution in [3.63, 3.8) is 0 Å². The monoisotopic (exact) mass is 581 g/mol. The van der Waals surface area contributed by atoms with E-state index in [0.717, 1.165) is 21.3 Å². The molecule has 5 aromatic carbocycles. The summed E-state index contributed by atoms with van der Waals surface area (Å²) in [6, 6.07) is 45.9. The maximum absolute atomic E-state index is 14.5. The van der Waals surface area contributed by atoms with E-state index < -0.39 is 0 Å². The lowest BCUT2D eigenvalue weighted by Crippen LogP contribution is -2.11. The van der Waals surface area contributed by atoms with E-state index in [1.807, 2.05) is 121 Å². The summed E-state index contributed by atoms with van der Waals surface area (Å²) in [5.74, 6) is -0.404. The van der Waals surface area contributed by atoms with Gasteiger partial charge in [-0.2, -0.15) is 0 Å². The molecule has 0 aliphatic heterocycles. The van der Waals surface area contributed by atoms with Crippen LogP contribution in [0.1, 0.15) is 31.8 Å². The van der Waals surface area contributed by atoms with Crippen LogP contribution in [-0.2, 0) is 0 Å². The first kappa shape index (κ1) is 25.5. The summed E-state index contributed by atoms with van der Waals surface area (Å²) in [5.41, 5.74) is 5.69. The van der Waals surface area contributed by atoms with E-state index in [2.05, 4.69) is 20.5 Å². The van der Waals surface area contributed by atoms with Crippen LogP contribution in [0.15, 0.2) is 150 Å². The summed E-state index contributed by atoms with van der Waals surface area (Å²) in [6.45, 7) is 0. The van der Waals surface area contributed by atoms with Gasteiger partial charge in [0.25, 0.3) is 0 Å². The Hall–Kier alpha value is -4.80. The predicted octanol–water partition coefficient (Wildman–Crippen LogP) is 9.04. The van der Waals surface area contributed by atoms with Crippen molar-refractivity contribution in [2.45, 2.75) is 0 Å². The Labute approximate surface area is 241 Å². The smallest absolute Gasteiger partial charge is 0.195 e. The van der Waals surface area contributed by atoms with Crippen LogP contribution in [0, 0.1) is 0 Å². The second-order valence-corrected chi connectivity index (χ2v) is 10.3. The van der Waals surface area contributed by atoms with Crippen LogP contribution < -0.4 is 0 Å². The highest BCUT2D eigenvalue weighted by molar-refractivity contribution is 9.10. The van der Waals surface area contributed by atoms with Gasteiger partial charge in [-0.1, -0.05) is 137 Å². The summed E-state index contributed by atoms with van der Waals surface area (Å²) in [6.07, 6.45) is 0. The number of rotatable bonds is 7. The van der Waals surface area contributed by atoms with Gasteiger partial charge in [0.2, 0.25) is 0 Å². The minimum atomic E-state index is -0.202. The number of carbonyl (C=O) groups is 2. The molecule has 1 heterocycles. The average molecular weight is 582 g/mol. The number of nitrogens with zero attached hydrogens (tertiary/aromatic N) is 1. The van der Waals surface area contributed by atoms with Gasteiger partial charge in [-0.15, -0.1) is 0 Å². The fraction of sp³-hybridized carbons (Fsp3) is 0. The fourth-order valence-electron chi connectivity index (χ4n) is 5.07. The molecule has 0 fully saturated rings. The van der Waals surface area contributed by atoms with E-state index in [0.29, 0.717) is 33.6 Å². The van der Waals surface area contributed by atoms with Crippen molar-refractivity contribution in [1.82, 2.24) is 4.57 Å². The van der Waals surface area contributed by atoms with Gasteiger partial charge >= 0.3 is 0 Å². The maximum Gasteiger partial charge on any atom is 0.195 e. The number of hydrogen-bond donors (Lipinski definition) is 0. The van der Waals surface area contributed by atoms with Gasteiger partial charge in [-0.3, -0.25) is 9.59 Å². The van der Waals surface area contributed by atoms with Crippen molar-refractivity contribution in [2.24, 2.45) is 0 Å². The zero-order valence-corrected chi connectivity index (χ0v) is 23.1. The molecule has 0 amide bonds. The molecular formula is C36H24BrNO2. The molecule has 0 aliphatic carbocycles. The van der Waals surface area contributed by atoms with E-state index in [-0.39, 0.29) is 11.6 Å². The molecule has 0 saturated heterocycles. The summed E-state index contributed by atoms with van der Waals surface area (Å²) in [5, 5.41) is 0. The SMILES string of the molecule is O=C(c1ccccc1)c1c(C(=O)c2ccccc2)c(-c2ccccc2)n(-c2ccc(Br)cc2)c1-c1ccccc1. The molecule has 0 radical (unpaired) electrons. The number of ketones is 2. The van der Waals surface area contributed by atoms with Crippen LogP contribution in [0.25, 0.3) is 28.2 Å². The van der Waals surface area contributed by atoms with Crippen LogP contribution in [0.2, 0.25) is 0 Å². The largest absolute Gasteiger partial charge is 0.308 e. The maximum atomic E-state index is 14.5. The molecule has 0 spiro atoms. The molecular weight excluding hydrogens is 558 g/mol. The second kappa shape index (κ2) is 11.1. The molecule has 6 aromatic rings. The Morgan fingerprint density at radius 2 is 0.800 bits per heavy atom. The highest BCUT2D eigenvalue weighted by Crippen LogP contribution is 2.42. The zero-order chi connectivity index (χ0) is 27.5. The average Bonchev–Trinajstić information content (AvgIpc) is 3.38. The third kappa shape index (κ3) is 4.74. The van der Waals surface area contributed by atoms with Crippen molar-refractivity contribution < 1.29 is 9.59 Å². The molecule has 1 aromatic heterocycles. The van der Waals surface area contributed by atoms with Gasteiger partial charge in [-0.25, -0.2) is 0 Å². The van der Waals surface area contributed by atoms with Crippen LogP contribution in [-0.4, -0.2) is 16.1 Å². The molecule has 0 aliphatic rings. The zero-order valence-electron chi connectivity index (χ0n) is 21.5.